The van der Waals surface area contributed by atoms with Gasteiger partial charge in [0.05, 0.1) is 0 Å². The highest BCUT2D eigenvalue weighted by molar-refractivity contribution is 6.27. The minimum absolute atomic E-state index is 0.0317. The van der Waals surface area contributed by atoms with Crippen LogP contribution in [0.25, 0.3) is 0 Å². The van der Waals surface area contributed by atoms with Crippen molar-refractivity contribution in [1.29, 1.82) is 0 Å². The van der Waals surface area contributed by atoms with Crippen molar-refractivity contribution < 1.29 is 9.90 Å². The molecule has 4 heteroatoms. The number of amides is 1. The van der Waals surface area contributed by atoms with E-state index < -0.39 is 0 Å². The molecule has 0 unspecified atom stereocenters. The van der Waals surface area contributed by atoms with Gasteiger partial charge in [0.25, 0.3) is 0 Å². The number of carbonyl (C=O) groups excluding carboxylic acids is 1. The standard InChI is InChI=1S/C11H14ClNO2/c1-7-3-9(4-8(2)11(7)15)6-13-10(14)5-12/h3-4,15H,5-6H2,1-2H3,(H,13,14). The summed E-state index contributed by atoms with van der Waals surface area (Å²) < 4.78 is 0. The second-order valence-corrected chi connectivity index (χ2v) is 3.76. The first-order chi connectivity index (χ1) is 7.04. The number of aromatic hydroxyl groups is 1. The highest BCUT2D eigenvalue weighted by atomic mass is 35.5. The Morgan fingerprint density at radius 2 is 1.93 bits per heavy atom. The van der Waals surface area contributed by atoms with Crippen LogP contribution in [0, 0.1) is 13.8 Å². The monoisotopic (exact) mass is 227 g/mol. The van der Waals surface area contributed by atoms with Crippen LogP contribution < -0.4 is 5.32 Å². The quantitative estimate of drug-likeness (QED) is 0.775. The molecule has 0 saturated carbocycles. The van der Waals surface area contributed by atoms with Crippen LogP contribution in [-0.2, 0) is 11.3 Å². The first kappa shape index (κ1) is 11.9. The van der Waals surface area contributed by atoms with Crippen molar-refractivity contribution >= 4 is 17.5 Å². The van der Waals surface area contributed by atoms with Crippen molar-refractivity contribution in [2.45, 2.75) is 20.4 Å². The van der Waals surface area contributed by atoms with Crippen LogP contribution >= 0.6 is 11.6 Å². The number of rotatable bonds is 3. The number of phenolic OH excluding ortho intramolecular Hbond substituents is 1. The smallest absolute Gasteiger partial charge is 0.235 e. The molecule has 0 fully saturated rings. The minimum Gasteiger partial charge on any atom is -0.507 e. The van der Waals surface area contributed by atoms with Crippen LogP contribution in [0.3, 0.4) is 0 Å². The summed E-state index contributed by atoms with van der Waals surface area (Å²) in [4.78, 5) is 10.9. The molecule has 0 aliphatic rings. The maximum absolute atomic E-state index is 10.9. The number of aryl methyl sites for hydroxylation is 2. The number of carbonyl (C=O) groups is 1. The van der Waals surface area contributed by atoms with E-state index in [2.05, 4.69) is 5.32 Å². The number of hydrogen-bond acceptors (Lipinski definition) is 2. The van der Waals surface area contributed by atoms with Gasteiger partial charge in [-0.3, -0.25) is 4.79 Å². The van der Waals surface area contributed by atoms with Crippen molar-refractivity contribution in [2.75, 3.05) is 5.88 Å². The van der Waals surface area contributed by atoms with Gasteiger partial charge in [0.15, 0.2) is 0 Å². The van der Waals surface area contributed by atoms with E-state index in [0.717, 1.165) is 16.7 Å². The largest absolute Gasteiger partial charge is 0.507 e. The maximum atomic E-state index is 10.9. The van der Waals surface area contributed by atoms with E-state index in [4.69, 9.17) is 11.6 Å². The lowest BCUT2D eigenvalue weighted by Crippen LogP contribution is -2.23. The Bertz CT molecular complexity index is 354. The zero-order valence-corrected chi connectivity index (χ0v) is 9.56. The van der Waals surface area contributed by atoms with Gasteiger partial charge < -0.3 is 10.4 Å². The van der Waals surface area contributed by atoms with E-state index >= 15 is 0 Å². The minimum atomic E-state index is -0.194. The number of nitrogens with one attached hydrogen (secondary N) is 1. The molecule has 1 amide bonds. The predicted octanol–water partition coefficient (Wildman–Crippen LogP) is 1.86. The summed E-state index contributed by atoms with van der Waals surface area (Å²) in [5, 5.41) is 12.2. The molecule has 0 atom stereocenters. The molecular formula is C11H14ClNO2. The zero-order valence-electron chi connectivity index (χ0n) is 8.80. The van der Waals surface area contributed by atoms with Gasteiger partial charge in [-0.1, -0.05) is 12.1 Å². The van der Waals surface area contributed by atoms with Crippen LogP contribution in [0.4, 0.5) is 0 Å². The number of alkyl halides is 1. The Morgan fingerprint density at radius 3 is 2.40 bits per heavy atom. The first-order valence-electron chi connectivity index (χ1n) is 4.66. The Labute approximate surface area is 94.1 Å². The van der Waals surface area contributed by atoms with E-state index in [1.54, 1.807) is 0 Å². The zero-order chi connectivity index (χ0) is 11.4. The molecule has 1 aromatic carbocycles. The van der Waals surface area contributed by atoms with Crippen LogP contribution in [0.1, 0.15) is 16.7 Å². The highest BCUT2D eigenvalue weighted by Gasteiger charge is 2.04. The van der Waals surface area contributed by atoms with E-state index in [-0.39, 0.29) is 11.8 Å². The van der Waals surface area contributed by atoms with Crippen molar-refractivity contribution in [3.8, 4) is 5.75 Å². The molecule has 0 aliphatic heterocycles. The summed E-state index contributed by atoms with van der Waals surface area (Å²) in [6.07, 6.45) is 0. The van der Waals surface area contributed by atoms with Gasteiger partial charge in [0.1, 0.15) is 11.6 Å². The molecule has 1 rings (SSSR count). The molecule has 0 radical (unpaired) electrons. The molecule has 0 aromatic heterocycles. The average molecular weight is 228 g/mol. The van der Waals surface area contributed by atoms with Crippen LogP contribution in [0.5, 0.6) is 5.75 Å². The summed E-state index contributed by atoms with van der Waals surface area (Å²) in [6.45, 7) is 4.10. The van der Waals surface area contributed by atoms with Crippen molar-refractivity contribution in [1.82, 2.24) is 5.32 Å². The van der Waals surface area contributed by atoms with Gasteiger partial charge in [0, 0.05) is 6.54 Å². The SMILES string of the molecule is Cc1cc(CNC(=O)CCl)cc(C)c1O. The molecule has 0 spiro atoms. The molecule has 82 valence electrons. The molecular weight excluding hydrogens is 214 g/mol. The van der Waals surface area contributed by atoms with Crippen molar-refractivity contribution in [2.24, 2.45) is 0 Å². The fourth-order valence-electron chi connectivity index (χ4n) is 1.40. The Kier molecular flexibility index (Phi) is 3.97. The van der Waals surface area contributed by atoms with Crippen molar-refractivity contribution in [3.63, 3.8) is 0 Å². The van der Waals surface area contributed by atoms with Crippen LogP contribution in [-0.4, -0.2) is 16.9 Å². The second-order valence-electron chi connectivity index (χ2n) is 3.49. The number of hydrogen-bond donors (Lipinski definition) is 2. The van der Waals surface area contributed by atoms with Gasteiger partial charge in [-0.2, -0.15) is 0 Å². The third kappa shape index (κ3) is 3.13. The molecule has 1 aromatic rings. The van der Waals surface area contributed by atoms with E-state index in [1.165, 1.54) is 0 Å². The van der Waals surface area contributed by atoms with E-state index in [9.17, 15) is 9.90 Å². The number of phenols is 1. The molecule has 2 N–H and O–H groups in total. The van der Waals surface area contributed by atoms with Gasteiger partial charge in [0.2, 0.25) is 5.91 Å². The van der Waals surface area contributed by atoms with Crippen molar-refractivity contribution in [3.05, 3.63) is 28.8 Å². The molecule has 15 heavy (non-hydrogen) atoms. The van der Waals surface area contributed by atoms with E-state index in [0.29, 0.717) is 12.3 Å². The number of benzene rings is 1. The average Bonchev–Trinajstić information content (AvgIpc) is 2.22. The van der Waals surface area contributed by atoms with E-state index in [1.807, 2.05) is 26.0 Å². The topological polar surface area (TPSA) is 49.3 Å². The summed E-state index contributed by atoms with van der Waals surface area (Å²) in [5.41, 5.74) is 2.58. The van der Waals surface area contributed by atoms with Gasteiger partial charge >= 0.3 is 0 Å². The van der Waals surface area contributed by atoms with Gasteiger partial charge in [-0.15, -0.1) is 11.6 Å². The summed E-state index contributed by atoms with van der Waals surface area (Å²) in [5.74, 6) is 0.0817. The summed E-state index contributed by atoms with van der Waals surface area (Å²) in [7, 11) is 0. The van der Waals surface area contributed by atoms with Crippen LogP contribution in [0.2, 0.25) is 0 Å². The van der Waals surface area contributed by atoms with Gasteiger partial charge in [-0.05, 0) is 30.5 Å². The maximum Gasteiger partial charge on any atom is 0.235 e. The first-order valence-corrected chi connectivity index (χ1v) is 5.19. The molecule has 3 nitrogen and oxygen atoms in total. The third-order valence-corrected chi connectivity index (χ3v) is 2.40. The normalized spacial score (nSPS) is 10.1. The lowest BCUT2D eigenvalue weighted by Gasteiger charge is -2.08. The Balaban J connectivity index is 2.75. The molecule has 0 bridgehead atoms. The molecule has 0 saturated heterocycles. The third-order valence-electron chi connectivity index (χ3n) is 2.16. The second kappa shape index (κ2) is 5.03. The molecule has 0 aliphatic carbocycles. The Morgan fingerprint density at radius 1 is 1.40 bits per heavy atom. The molecule has 0 heterocycles. The Hall–Kier alpha value is -1.22. The predicted molar refractivity (Wildman–Crippen MR) is 60.1 cm³/mol. The lowest BCUT2D eigenvalue weighted by atomic mass is 10.1. The lowest BCUT2D eigenvalue weighted by molar-refractivity contribution is -0.118. The highest BCUT2D eigenvalue weighted by Crippen LogP contribution is 2.22. The number of halogens is 1. The van der Waals surface area contributed by atoms with Gasteiger partial charge in [-0.25, -0.2) is 0 Å². The fourth-order valence-corrected chi connectivity index (χ4v) is 1.49. The fraction of sp³-hybridized carbons (Fsp3) is 0.364. The summed E-state index contributed by atoms with van der Waals surface area (Å²) >= 11 is 5.35. The van der Waals surface area contributed by atoms with Crippen LogP contribution in [0.15, 0.2) is 12.1 Å². The summed E-state index contributed by atoms with van der Waals surface area (Å²) in [6, 6.07) is 3.69.